The third-order valence-electron chi connectivity index (χ3n) is 6.08. The minimum absolute atomic E-state index is 0.0572. The number of nitrogens with zero attached hydrogens (tertiary/aromatic N) is 2. The Morgan fingerprint density at radius 3 is 2.47 bits per heavy atom. The van der Waals surface area contributed by atoms with Gasteiger partial charge < -0.3 is 10.2 Å². The van der Waals surface area contributed by atoms with Gasteiger partial charge in [-0.05, 0) is 53.0 Å². The summed E-state index contributed by atoms with van der Waals surface area (Å²) < 4.78 is 0. The third kappa shape index (κ3) is 5.96. The fourth-order valence-electron chi connectivity index (χ4n) is 4.40. The molecular formula is C27H37N3O2. The van der Waals surface area contributed by atoms with Crippen molar-refractivity contribution in [3.05, 3.63) is 54.4 Å². The number of benzene rings is 1. The average Bonchev–Trinajstić information content (AvgIpc) is 3.17. The van der Waals surface area contributed by atoms with Gasteiger partial charge in [0.1, 0.15) is 0 Å². The Labute approximate surface area is 192 Å². The molecule has 2 aromatic rings. The fraction of sp³-hybridized carbons (Fsp3) is 0.519. The van der Waals surface area contributed by atoms with Crippen LogP contribution in [-0.4, -0.2) is 41.3 Å². The van der Waals surface area contributed by atoms with Gasteiger partial charge in [0.05, 0.1) is 5.41 Å². The minimum Gasteiger partial charge on any atom is -0.355 e. The van der Waals surface area contributed by atoms with Crippen LogP contribution in [0.5, 0.6) is 0 Å². The molecule has 3 rings (SSSR count). The molecule has 0 saturated carbocycles. The van der Waals surface area contributed by atoms with Crippen molar-refractivity contribution >= 4 is 11.8 Å². The molecule has 0 unspecified atom stereocenters. The predicted molar refractivity (Wildman–Crippen MR) is 129 cm³/mol. The fourth-order valence-corrected chi connectivity index (χ4v) is 4.40. The number of hydrogen-bond acceptors (Lipinski definition) is 3. The lowest BCUT2D eigenvalue weighted by Crippen LogP contribution is -2.46. The maximum atomic E-state index is 13.5. The summed E-state index contributed by atoms with van der Waals surface area (Å²) in [6.45, 7) is 12.2. The van der Waals surface area contributed by atoms with Gasteiger partial charge in [-0.3, -0.25) is 14.6 Å². The minimum atomic E-state index is -0.619. The van der Waals surface area contributed by atoms with E-state index in [0.29, 0.717) is 44.8 Å². The lowest BCUT2D eigenvalue weighted by Gasteiger charge is -2.30. The van der Waals surface area contributed by atoms with Crippen molar-refractivity contribution < 1.29 is 9.59 Å². The highest BCUT2D eigenvalue weighted by atomic mass is 16.2. The molecule has 2 heterocycles. The molecule has 1 fully saturated rings. The molecular weight excluding hydrogens is 398 g/mol. The average molecular weight is 436 g/mol. The maximum Gasteiger partial charge on any atom is 0.228 e. The summed E-state index contributed by atoms with van der Waals surface area (Å²) >= 11 is 0. The number of pyridine rings is 1. The van der Waals surface area contributed by atoms with Crippen LogP contribution >= 0.6 is 0 Å². The number of carbonyl (C=O) groups excluding carboxylic acids is 2. The molecule has 1 aromatic carbocycles. The van der Waals surface area contributed by atoms with Crippen molar-refractivity contribution in [2.45, 2.75) is 53.9 Å². The summed E-state index contributed by atoms with van der Waals surface area (Å²) in [7, 11) is 0. The number of rotatable bonds is 7. The molecule has 0 bridgehead atoms. The Bertz CT molecular complexity index is 933. The van der Waals surface area contributed by atoms with E-state index < -0.39 is 5.41 Å². The van der Waals surface area contributed by atoms with Gasteiger partial charge in [-0.1, -0.05) is 58.9 Å². The summed E-state index contributed by atoms with van der Waals surface area (Å²) in [6, 6.07) is 12.3. The number of carbonyl (C=O) groups is 2. The van der Waals surface area contributed by atoms with E-state index in [1.165, 1.54) is 0 Å². The first kappa shape index (κ1) is 24.0. The van der Waals surface area contributed by atoms with Crippen LogP contribution in [0, 0.1) is 16.7 Å². The topological polar surface area (TPSA) is 62.3 Å². The lowest BCUT2D eigenvalue weighted by molar-refractivity contribution is -0.134. The highest BCUT2D eigenvalue weighted by molar-refractivity contribution is 5.86. The van der Waals surface area contributed by atoms with Gasteiger partial charge in [0, 0.05) is 38.4 Å². The van der Waals surface area contributed by atoms with Crippen LogP contribution in [0.1, 0.15) is 53.0 Å². The molecule has 1 aliphatic rings. The van der Waals surface area contributed by atoms with Crippen LogP contribution in [0.15, 0.2) is 48.8 Å². The first-order valence-electron chi connectivity index (χ1n) is 11.6. The quantitative estimate of drug-likeness (QED) is 0.685. The van der Waals surface area contributed by atoms with Gasteiger partial charge in [0.15, 0.2) is 0 Å². The summed E-state index contributed by atoms with van der Waals surface area (Å²) in [5, 5.41) is 3.17. The molecule has 0 spiro atoms. The van der Waals surface area contributed by atoms with Crippen molar-refractivity contribution in [1.29, 1.82) is 0 Å². The molecule has 0 radical (unpaired) electrons. The van der Waals surface area contributed by atoms with Gasteiger partial charge in [-0.15, -0.1) is 0 Å². The number of nitrogens with one attached hydrogen (secondary N) is 1. The Kier molecular flexibility index (Phi) is 7.37. The Balaban J connectivity index is 1.90. The normalized spacial score (nSPS) is 18.8. The molecule has 172 valence electrons. The first-order chi connectivity index (χ1) is 15.1. The predicted octanol–water partition coefficient (Wildman–Crippen LogP) is 4.72. The molecule has 0 aliphatic carbocycles. The zero-order valence-electron chi connectivity index (χ0n) is 20.1. The summed E-state index contributed by atoms with van der Waals surface area (Å²) in [4.78, 5) is 32.5. The lowest BCUT2D eigenvalue weighted by atomic mass is 9.78. The zero-order valence-corrected chi connectivity index (χ0v) is 20.1. The smallest absolute Gasteiger partial charge is 0.228 e. The number of hydrogen-bond donors (Lipinski definition) is 1. The molecule has 1 aliphatic heterocycles. The Hall–Kier alpha value is -2.69. The van der Waals surface area contributed by atoms with E-state index in [9.17, 15) is 9.59 Å². The number of likely N-dealkylation sites (tertiary alicyclic amines) is 1. The monoisotopic (exact) mass is 435 g/mol. The van der Waals surface area contributed by atoms with Crippen LogP contribution in [0.4, 0.5) is 0 Å². The van der Waals surface area contributed by atoms with E-state index in [4.69, 9.17) is 0 Å². The first-order valence-corrected chi connectivity index (χ1v) is 11.6. The molecule has 1 atom stereocenters. The summed E-state index contributed by atoms with van der Waals surface area (Å²) in [6.07, 6.45) is 5.36. The molecule has 5 nitrogen and oxygen atoms in total. The van der Waals surface area contributed by atoms with E-state index in [2.05, 4.69) is 57.1 Å². The van der Waals surface area contributed by atoms with Crippen molar-refractivity contribution in [3.63, 3.8) is 0 Å². The van der Waals surface area contributed by atoms with Crippen LogP contribution in [0.3, 0.4) is 0 Å². The molecule has 1 saturated heterocycles. The molecule has 2 amide bonds. The largest absolute Gasteiger partial charge is 0.355 e. The van der Waals surface area contributed by atoms with E-state index in [-0.39, 0.29) is 17.2 Å². The SMILES string of the molecule is CC(C)CNC(=O)[C@@]1(Cc2ccccc2-c2ccncc2)CCN(C(=O)CC(C)(C)C)C1. The van der Waals surface area contributed by atoms with Crippen LogP contribution in [0.25, 0.3) is 11.1 Å². The summed E-state index contributed by atoms with van der Waals surface area (Å²) in [5.41, 5.74) is 2.64. The van der Waals surface area contributed by atoms with Crippen LogP contribution < -0.4 is 5.32 Å². The van der Waals surface area contributed by atoms with Crippen molar-refractivity contribution in [1.82, 2.24) is 15.2 Å². The second-order valence-electron chi connectivity index (χ2n) is 10.8. The summed E-state index contributed by atoms with van der Waals surface area (Å²) in [5.74, 6) is 0.570. The maximum absolute atomic E-state index is 13.5. The van der Waals surface area contributed by atoms with E-state index in [1.807, 2.05) is 29.2 Å². The molecule has 5 heteroatoms. The molecule has 1 N–H and O–H groups in total. The standard InChI is InChI=1S/C27H37N3O2/c1-20(2)18-29-25(32)27(12-15-30(19-27)24(31)17-26(3,4)5)16-22-8-6-7-9-23(22)21-10-13-28-14-11-21/h6-11,13-14,20H,12,15-19H2,1-5H3,(H,29,32)/t27-/m1/s1. The van der Waals surface area contributed by atoms with E-state index >= 15 is 0 Å². The number of amides is 2. The van der Waals surface area contributed by atoms with Gasteiger partial charge in [0.25, 0.3) is 0 Å². The van der Waals surface area contributed by atoms with Crippen LogP contribution in [-0.2, 0) is 16.0 Å². The van der Waals surface area contributed by atoms with Gasteiger partial charge in [0.2, 0.25) is 11.8 Å². The highest BCUT2D eigenvalue weighted by Crippen LogP contribution is 2.38. The third-order valence-corrected chi connectivity index (χ3v) is 6.08. The van der Waals surface area contributed by atoms with Crippen molar-refractivity contribution in [3.8, 4) is 11.1 Å². The number of aromatic nitrogens is 1. The second-order valence-corrected chi connectivity index (χ2v) is 10.8. The Morgan fingerprint density at radius 2 is 1.81 bits per heavy atom. The van der Waals surface area contributed by atoms with Gasteiger partial charge >= 0.3 is 0 Å². The Morgan fingerprint density at radius 1 is 1.12 bits per heavy atom. The van der Waals surface area contributed by atoms with Gasteiger partial charge in [-0.25, -0.2) is 0 Å². The molecule has 32 heavy (non-hydrogen) atoms. The second kappa shape index (κ2) is 9.85. The van der Waals surface area contributed by atoms with E-state index in [1.54, 1.807) is 12.4 Å². The van der Waals surface area contributed by atoms with E-state index in [0.717, 1.165) is 16.7 Å². The van der Waals surface area contributed by atoms with Crippen molar-refractivity contribution in [2.24, 2.45) is 16.7 Å². The van der Waals surface area contributed by atoms with Crippen molar-refractivity contribution in [2.75, 3.05) is 19.6 Å². The zero-order chi connectivity index (χ0) is 23.4. The highest BCUT2D eigenvalue weighted by Gasteiger charge is 2.46. The molecule has 1 aromatic heterocycles. The van der Waals surface area contributed by atoms with Crippen LogP contribution in [0.2, 0.25) is 0 Å². The van der Waals surface area contributed by atoms with Gasteiger partial charge in [-0.2, -0.15) is 0 Å².